The minimum Gasteiger partial charge on any atom is -0.350 e. The van der Waals surface area contributed by atoms with Gasteiger partial charge in [0, 0.05) is 58.3 Å². The van der Waals surface area contributed by atoms with Crippen LogP contribution in [0.5, 0.6) is 0 Å². The molecule has 2 amide bonds. The Morgan fingerprint density at radius 3 is 2.73 bits per heavy atom. The number of carbonyl (C=O) groups excluding carboxylic acids is 2. The maximum absolute atomic E-state index is 12.3. The highest BCUT2D eigenvalue weighted by Gasteiger charge is 2.22. The van der Waals surface area contributed by atoms with E-state index in [9.17, 15) is 9.59 Å². The summed E-state index contributed by atoms with van der Waals surface area (Å²) in [6.45, 7) is 10.6. The van der Waals surface area contributed by atoms with Gasteiger partial charge >= 0.3 is 0 Å². The van der Waals surface area contributed by atoms with Crippen LogP contribution in [-0.4, -0.2) is 76.7 Å². The number of rotatable bonds is 5. The molecule has 1 saturated heterocycles. The fraction of sp³-hybridized carbons (Fsp3) is 0.722. The molecule has 0 radical (unpaired) electrons. The van der Waals surface area contributed by atoms with Gasteiger partial charge in [-0.2, -0.15) is 5.10 Å². The monoisotopic (exact) mass is 362 g/mol. The highest BCUT2D eigenvalue weighted by atomic mass is 16.2. The topological polar surface area (TPSA) is 82.5 Å². The molecule has 0 atom stereocenters. The number of carbonyl (C=O) groups is 2. The van der Waals surface area contributed by atoms with Gasteiger partial charge in [-0.15, -0.1) is 0 Å². The SMILES string of the molecule is CC(C)N1CCN(C(=O)CCNC(=O)c2cc3n(n2)CCCNC3)CC1. The Kier molecular flexibility index (Phi) is 6.26. The summed E-state index contributed by atoms with van der Waals surface area (Å²) in [5.41, 5.74) is 1.47. The molecule has 0 saturated carbocycles. The first-order valence-electron chi connectivity index (χ1n) is 9.62. The summed E-state index contributed by atoms with van der Waals surface area (Å²) >= 11 is 0. The van der Waals surface area contributed by atoms with Crippen LogP contribution in [0.3, 0.4) is 0 Å². The second kappa shape index (κ2) is 8.64. The smallest absolute Gasteiger partial charge is 0.271 e. The zero-order valence-electron chi connectivity index (χ0n) is 15.8. The number of nitrogens with one attached hydrogen (secondary N) is 2. The molecule has 1 aromatic rings. The van der Waals surface area contributed by atoms with Gasteiger partial charge in [0.15, 0.2) is 0 Å². The Bertz CT molecular complexity index is 610. The number of aromatic nitrogens is 2. The molecule has 26 heavy (non-hydrogen) atoms. The predicted octanol–water partition coefficient (Wildman–Crippen LogP) is 0.0489. The minimum atomic E-state index is -0.206. The highest BCUT2D eigenvalue weighted by molar-refractivity contribution is 5.92. The third-order valence-electron chi connectivity index (χ3n) is 5.15. The number of aryl methyl sites for hydroxylation is 1. The van der Waals surface area contributed by atoms with E-state index in [4.69, 9.17) is 0 Å². The average molecular weight is 362 g/mol. The lowest BCUT2D eigenvalue weighted by atomic mass is 10.2. The first-order valence-corrected chi connectivity index (χ1v) is 9.62. The fourth-order valence-corrected chi connectivity index (χ4v) is 3.49. The van der Waals surface area contributed by atoms with Crippen molar-refractivity contribution in [2.75, 3.05) is 39.3 Å². The van der Waals surface area contributed by atoms with E-state index in [1.165, 1.54) is 0 Å². The third-order valence-corrected chi connectivity index (χ3v) is 5.15. The first kappa shape index (κ1) is 18.8. The second-order valence-electron chi connectivity index (χ2n) is 7.29. The fourth-order valence-electron chi connectivity index (χ4n) is 3.49. The largest absolute Gasteiger partial charge is 0.350 e. The van der Waals surface area contributed by atoms with Gasteiger partial charge in [0.25, 0.3) is 5.91 Å². The molecule has 3 heterocycles. The van der Waals surface area contributed by atoms with Crippen molar-refractivity contribution in [3.8, 4) is 0 Å². The van der Waals surface area contributed by atoms with Gasteiger partial charge < -0.3 is 15.5 Å². The van der Waals surface area contributed by atoms with Crippen LogP contribution in [0.2, 0.25) is 0 Å². The molecule has 8 heteroatoms. The van der Waals surface area contributed by atoms with Crippen molar-refractivity contribution < 1.29 is 9.59 Å². The summed E-state index contributed by atoms with van der Waals surface area (Å²) in [6, 6.07) is 2.35. The van der Waals surface area contributed by atoms with Gasteiger partial charge in [0.1, 0.15) is 5.69 Å². The van der Waals surface area contributed by atoms with E-state index in [1.807, 2.05) is 15.6 Å². The quantitative estimate of drug-likeness (QED) is 0.773. The maximum atomic E-state index is 12.3. The van der Waals surface area contributed by atoms with Crippen molar-refractivity contribution >= 4 is 11.8 Å². The molecule has 0 unspecified atom stereocenters. The van der Waals surface area contributed by atoms with E-state index in [1.54, 1.807) is 0 Å². The Balaban J connectivity index is 1.42. The van der Waals surface area contributed by atoms with Crippen LogP contribution in [0.4, 0.5) is 0 Å². The summed E-state index contributed by atoms with van der Waals surface area (Å²) in [7, 11) is 0. The lowest BCUT2D eigenvalue weighted by molar-refractivity contribution is -0.133. The summed E-state index contributed by atoms with van der Waals surface area (Å²) in [5.74, 6) is -0.0958. The summed E-state index contributed by atoms with van der Waals surface area (Å²) in [4.78, 5) is 28.9. The molecular weight excluding hydrogens is 332 g/mol. The van der Waals surface area contributed by atoms with Crippen LogP contribution in [0.1, 0.15) is 42.9 Å². The number of hydrogen-bond acceptors (Lipinski definition) is 5. The van der Waals surface area contributed by atoms with E-state index in [-0.39, 0.29) is 11.8 Å². The molecule has 0 aromatic carbocycles. The number of fused-ring (bicyclic) bond motifs is 1. The number of piperazine rings is 1. The van der Waals surface area contributed by atoms with Crippen LogP contribution < -0.4 is 10.6 Å². The van der Waals surface area contributed by atoms with Crippen LogP contribution in [0.25, 0.3) is 0 Å². The van der Waals surface area contributed by atoms with E-state index >= 15 is 0 Å². The van der Waals surface area contributed by atoms with Gasteiger partial charge in [-0.3, -0.25) is 19.2 Å². The minimum absolute atomic E-state index is 0.110. The van der Waals surface area contributed by atoms with Crippen molar-refractivity contribution in [2.24, 2.45) is 0 Å². The molecular formula is C18H30N6O2. The van der Waals surface area contributed by atoms with Crippen molar-refractivity contribution in [3.63, 3.8) is 0 Å². The summed E-state index contributed by atoms with van der Waals surface area (Å²) < 4.78 is 1.90. The van der Waals surface area contributed by atoms with Crippen LogP contribution in [0.15, 0.2) is 6.07 Å². The molecule has 2 N–H and O–H groups in total. The number of nitrogens with zero attached hydrogens (tertiary/aromatic N) is 4. The summed E-state index contributed by atoms with van der Waals surface area (Å²) in [5, 5.41) is 10.5. The van der Waals surface area contributed by atoms with Crippen molar-refractivity contribution in [1.29, 1.82) is 0 Å². The first-order chi connectivity index (χ1) is 12.5. The zero-order valence-corrected chi connectivity index (χ0v) is 15.8. The van der Waals surface area contributed by atoms with Crippen LogP contribution in [-0.2, 0) is 17.9 Å². The molecule has 0 bridgehead atoms. The lowest BCUT2D eigenvalue weighted by Crippen LogP contribution is -2.51. The Hall–Kier alpha value is -1.93. The zero-order chi connectivity index (χ0) is 18.5. The number of hydrogen-bond donors (Lipinski definition) is 2. The highest BCUT2D eigenvalue weighted by Crippen LogP contribution is 2.09. The maximum Gasteiger partial charge on any atom is 0.271 e. The Morgan fingerprint density at radius 2 is 2.00 bits per heavy atom. The predicted molar refractivity (Wildman–Crippen MR) is 98.8 cm³/mol. The van der Waals surface area contributed by atoms with Gasteiger partial charge in [-0.25, -0.2) is 0 Å². The van der Waals surface area contributed by atoms with Gasteiger partial charge in [0.05, 0.1) is 5.69 Å². The Morgan fingerprint density at radius 1 is 1.23 bits per heavy atom. The molecule has 0 aliphatic carbocycles. The molecule has 0 spiro atoms. The Labute approximate surface area is 154 Å². The average Bonchev–Trinajstić information content (AvgIpc) is 2.92. The standard InChI is InChI=1S/C18H30N6O2/c1-14(2)22-8-10-23(11-9-22)17(25)4-6-20-18(26)16-12-15-13-19-5-3-7-24(15)21-16/h12,14,19H,3-11,13H2,1-2H3,(H,20,26). The van der Waals surface area contributed by atoms with Gasteiger partial charge in [-0.05, 0) is 32.9 Å². The molecule has 1 aromatic heterocycles. The second-order valence-corrected chi connectivity index (χ2v) is 7.29. The lowest BCUT2D eigenvalue weighted by Gasteiger charge is -2.37. The van der Waals surface area contributed by atoms with Crippen LogP contribution >= 0.6 is 0 Å². The third kappa shape index (κ3) is 4.62. The molecule has 1 fully saturated rings. The summed E-state index contributed by atoms with van der Waals surface area (Å²) in [6.07, 6.45) is 1.34. The molecule has 2 aliphatic rings. The normalized spacial score (nSPS) is 18.5. The van der Waals surface area contributed by atoms with Gasteiger partial charge in [-0.1, -0.05) is 0 Å². The number of amides is 2. The molecule has 2 aliphatic heterocycles. The van der Waals surface area contributed by atoms with E-state index < -0.39 is 0 Å². The molecule has 3 rings (SSSR count). The van der Waals surface area contributed by atoms with Gasteiger partial charge in [0.2, 0.25) is 5.91 Å². The van der Waals surface area contributed by atoms with Crippen molar-refractivity contribution in [2.45, 2.75) is 45.8 Å². The van der Waals surface area contributed by atoms with Crippen LogP contribution in [0, 0.1) is 0 Å². The van der Waals surface area contributed by atoms with E-state index in [0.29, 0.717) is 24.7 Å². The van der Waals surface area contributed by atoms with E-state index in [0.717, 1.165) is 57.9 Å². The molecule has 144 valence electrons. The van der Waals surface area contributed by atoms with Crippen molar-refractivity contribution in [1.82, 2.24) is 30.2 Å². The van der Waals surface area contributed by atoms with E-state index in [2.05, 4.69) is 34.5 Å². The molecule has 8 nitrogen and oxygen atoms in total. The van der Waals surface area contributed by atoms with Crippen molar-refractivity contribution in [3.05, 3.63) is 17.5 Å².